The summed E-state index contributed by atoms with van der Waals surface area (Å²) in [6, 6.07) is 11.1. The molecular weight excluding hydrogens is 395 g/mol. The highest BCUT2D eigenvalue weighted by atomic mass is 35.5. The topological polar surface area (TPSA) is 90.2 Å². The van der Waals surface area contributed by atoms with E-state index in [1.54, 1.807) is 30.3 Å². The summed E-state index contributed by atoms with van der Waals surface area (Å²) in [5.41, 5.74) is 0.512. The van der Waals surface area contributed by atoms with E-state index in [-0.39, 0.29) is 12.4 Å². The van der Waals surface area contributed by atoms with Crippen LogP contribution in [0, 0.1) is 5.82 Å². The fraction of sp³-hybridized carbons (Fsp3) is 0.368. The monoisotopic (exact) mass is 414 g/mol. The predicted molar refractivity (Wildman–Crippen MR) is 102 cm³/mol. The fourth-order valence-corrected chi connectivity index (χ4v) is 4.39. The summed E-state index contributed by atoms with van der Waals surface area (Å²) < 4.78 is 19.4. The Balaban J connectivity index is 1.84. The Morgan fingerprint density at radius 2 is 1.81 bits per heavy atom. The van der Waals surface area contributed by atoms with Crippen molar-refractivity contribution in [3.63, 3.8) is 0 Å². The minimum Gasteiger partial charge on any atom is -0.477 e. The van der Waals surface area contributed by atoms with Gasteiger partial charge in [0, 0.05) is 17.0 Å². The van der Waals surface area contributed by atoms with Gasteiger partial charge in [-0.1, -0.05) is 23.7 Å². The van der Waals surface area contributed by atoms with Gasteiger partial charge in [-0.3, -0.25) is 0 Å². The van der Waals surface area contributed by atoms with Crippen molar-refractivity contribution >= 4 is 23.4 Å². The number of hydrogen-bond donors (Lipinski definition) is 4. The van der Waals surface area contributed by atoms with Crippen molar-refractivity contribution in [1.82, 2.24) is 0 Å². The molecule has 0 amide bonds. The van der Waals surface area contributed by atoms with Crippen LogP contribution in [-0.4, -0.2) is 56.0 Å². The van der Waals surface area contributed by atoms with Crippen LogP contribution in [0.1, 0.15) is 11.1 Å². The Bertz CT molecular complexity index is 790. The predicted octanol–water partition coefficient (Wildman–Crippen LogP) is 1.97. The molecule has 0 saturated carbocycles. The van der Waals surface area contributed by atoms with Crippen molar-refractivity contribution in [1.29, 1.82) is 0 Å². The molecule has 8 heteroatoms. The van der Waals surface area contributed by atoms with Crippen molar-refractivity contribution in [3.05, 3.63) is 64.4 Å². The van der Waals surface area contributed by atoms with E-state index in [0.29, 0.717) is 22.8 Å². The van der Waals surface area contributed by atoms with E-state index < -0.39 is 29.0 Å². The van der Waals surface area contributed by atoms with Gasteiger partial charge in [0.15, 0.2) is 5.44 Å². The molecule has 5 nitrogen and oxygen atoms in total. The van der Waals surface area contributed by atoms with Crippen molar-refractivity contribution in [3.8, 4) is 5.75 Å². The molecule has 1 fully saturated rings. The van der Waals surface area contributed by atoms with Crippen LogP contribution >= 0.6 is 23.4 Å². The summed E-state index contributed by atoms with van der Waals surface area (Å²) in [6.45, 7) is -0.369. The molecule has 0 bridgehead atoms. The molecule has 1 heterocycles. The fourth-order valence-electron chi connectivity index (χ4n) is 2.96. The summed E-state index contributed by atoms with van der Waals surface area (Å²) in [7, 11) is 0. The van der Waals surface area contributed by atoms with E-state index in [2.05, 4.69) is 0 Å². The summed E-state index contributed by atoms with van der Waals surface area (Å²) in [5.74, 6) is 0.0682. The first kappa shape index (κ1) is 20.4. The normalized spacial score (nSPS) is 28.1. The van der Waals surface area contributed by atoms with Crippen LogP contribution in [0.15, 0.2) is 42.5 Å². The molecule has 0 spiro atoms. The second-order valence-electron chi connectivity index (χ2n) is 6.37. The quantitative estimate of drug-likeness (QED) is 0.598. The first-order valence-corrected chi connectivity index (χ1v) is 9.71. The minimum absolute atomic E-state index is 0.349. The molecular formula is C19H20ClFO5S. The average molecular weight is 415 g/mol. The maximum Gasteiger partial charge on any atom is 0.173 e. The van der Waals surface area contributed by atoms with Gasteiger partial charge in [-0.25, -0.2) is 4.39 Å². The second kappa shape index (κ2) is 8.77. The number of aliphatic hydroxyl groups excluding tert-OH is 4. The lowest BCUT2D eigenvalue weighted by Crippen LogP contribution is -2.55. The van der Waals surface area contributed by atoms with Gasteiger partial charge >= 0.3 is 0 Å². The SMILES string of the molecule is OCC1SC(Oc2ccc(Cl)cc2Cc2cccc(F)c2)C(O)C(O)C1O. The second-order valence-corrected chi connectivity index (χ2v) is 8.15. The molecule has 2 aromatic carbocycles. The smallest absolute Gasteiger partial charge is 0.173 e. The number of rotatable bonds is 5. The lowest BCUT2D eigenvalue weighted by Gasteiger charge is -2.39. The molecule has 3 rings (SSSR count). The molecule has 0 aliphatic carbocycles. The Morgan fingerprint density at radius 1 is 1.04 bits per heavy atom. The highest BCUT2D eigenvalue weighted by Crippen LogP contribution is 2.36. The van der Waals surface area contributed by atoms with E-state index in [4.69, 9.17) is 16.3 Å². The Morgan fingerprint density at radius 3 is 2.52 bits per heavy atom. The summed E-state index contributed by atoms with van der Waals surface area (Å²) in [6.07, 6.45) is -3.68. The standard InChI is InChI=1S/C19H20ClFO5S/c20-12-4-5-14(11(8-12)6-10-2-1-3-13(21)7-10)26-19-18(25)17(24)16(23)15(9-22)27-19/h1-5,7-8,15-19,22-25H,6,9H2. The van der Waals surface area contributed by atoms with Crippen molar-refractivity contribution in [2.24, 2.45) is 0 Å². The van der Waals surface area contributed by atoms with Gasteiger partial charge in [0.2, 0.25) is 0 Å². The van der Waals surface area contributed by atoms with Crippen LogP contribution in [-0.2, 0) is 6.42 Å². The summed E-state index contributed by atoms with van der Waals surface area (Å²) in [5, 5.41) is 39.3. The zero-order valence-electron chi connectivity index (χ0n) is 14.2. The molecule has 4 N–H and O–H groups in total. The van der Waals surface area contributed by atoms with E-state index in [1.165, 1.54) is 12.1 Å². The van der Waals surface area contributed by atoms with Crippen LogP contribution in [0.3, 0.4) is 0 Å². The zero-order valence-corrected chi connectivity index (χ0v) is 15.8. The van der Waals surface area contributed by atoms with Gasteiger partial charge in [-0.05, 0) is 35.9 Å². The molecule has 2 aromatic rings. The molecule has 1 aliphatic rings. The third-order valence-electron chi connectivity index (χ3n) is 4.40. The van der Waals surface area contributed by atoms with Crippen molar-refractivity contribution in [2.75, 3.05) is 6.61 Å². The van der Waals surface area contributed by atoms with Gasteiger partial charge < -0.3 is 25.2 Å². The Labute approximate surface area is 165 Å². The van der Waals surface area contributed by atoms with Gasteiger partial charge in [0.25, 0.3) is 0 Å². The van der Waals surface area contributed by atoms with Gasteiger partial charge in [0.05, 0.1) is 18.0 Å². The highest BCUT2D eigenvalue weighted by molar-refractivity contribution is 8.00. The molecule has 5 atom stereocenters. The lowest BCUT2D eigenvalue weighted by atomic mass is 10.0. The first-order chi connectivity index (χ1) is 12.9. The van der Waals surface area contributed by atoms with E-state index in [9.17, 15) is 24.8 Å². The molecule has 5 unspecified atom stereocenters. The summed E-state index contributed by atoms with van der Waals surface area (Å²) >= 11 is 7.13. The van der Waals surface area contributed by atoms with Crippen molar-refractivity contribution in [2.45, 2.75) is 35.4 Å². The van der Waals surface area contributed by atoms with E-state index in [1.807, 2.05) is 0 Å². The van der Waals surface area contributed by atoms with Crippen LogP contribution in [0.25, 0.3) is 0 Å². The molecule has 1 saturated heterocycles. The van der Waals surface area contributed by atoms with Crippen molar-refractivity contribution < 1.29 is 29.6 Å². The molecule has 146 valence electrons. The number of thioether (sulfide) groups is 1. The number of halogens is 2. The third kappa shape index (κ3) is 4.74. The number of benzene rings is 2. The number of hydrogen-bond acceptors (Lipinski definition) is 6. The molecule has 0 radical (unpaired) electrons. The minimum atomic E-state index is -1.44. The number of ether oxygens (including phenoxy) is 1. The van der Waals surface area contributed by atoms with Crippen LogP contribution in [0.5, 0.6) is 5.75 Å². The lowest BCUT2D eigenvalue weighted by molar-refractivity contribution is -0.0910. The Kier molecular flexibility index (Phi) is 6.62. The van der Waals surface area contributed by atoms with Gasteiger partial charge in [-0.2, -0.15) is 0 Å². The van der Waals surface area contributed by atoms with E-state index >= 15 is 0 Å². The van der Waals surface area contributed by atoms with E-state index in [0.717, 1.165) is 17.3 Å². The Hall–Kier alpha value is -1.35. The molecule has 0 aromatic heterocycles. The third-order valence-corrected chi connectivity index (χ3v) is 6.05. The van der Waals surface area contributed by atoms with Crippen LogP contribution in [0.2, 0.25) is 5.02 Å². The largest absolute Gasteiger partial charge is 0.477 e. The van der Waals surface area contributed by atoms with Crippen LogP contribution in [0.4, 0.5) is 4.39 Å². The maximum absolute atomic E-state index is 13.5. The van der Waals surface area contributed by atoms with Gasteiger partial charge in [0.1, 0.15) is 23.8 Å². The maximum atomic E-state index is 13.5. The number of aliphatic hydroxyl groups is 4. The van der Waals surface area contributed by atoms with Crippen LogP contribution < -0.4 is 4.74 Å². The molecule has 27 heavy (non-hydrogen) atoms. The molecule has 1 aliphatic heterocycles. The average Bonchev–Trinajstić information content (AvgIpc) is 2.64. The first-order valence-electron chi connectivity index (χ1n) is 8.39. The van der Waals surface area contributed by atoms with Gasteiger partial charge in [-0.15, -0.1) is 11.8 Å². The highest BCUT2D eigenvalue weighted by Gasteiger charge is 2.44. The zero-order chi connectivity index (χ0) is 19.6. The summed E-state index contributed by atoms with van der Waals surface area (Å²) in [4.78, 5) is 0.